The molecule has 3 aromatic carbocycles. The van der Waals surface area contributed by atoms with Crippen LogP contribution in [0.2, 0.25) is 0 Å². The predicted octanol–water partition coefficient (Wildman–Crippen LogP) is 4.28. The number of fused-ring (bicyclic) bond motifs is 1. The fourth-order valence-electron chi connectivity index (χ4n) is 3.78. The van der Waals surface area contributed by atoms with E-state index in [1.54, 1.807) is 14.0 Å². The van der Waals surface area contributed by atoms with Gasteiger partial charge in [0.2, 0.25) is 0 Å². The highest BCUT2D eigenvalue weighted by atomic mass is 16.5. The van der Waals surface area contributed by atoms with E-state index in [1.807, 2.05) is 78.9 Å². The van der Waals surface area contributed by atoms with E-state index in [2.05, 4.69) is 20.6 Å². The van der Waals surface area contributed by atoms with Crippen LogP contribution in [-0.2, 0) is 6.42 Å². The van der Waals surface area contributed by atoms with Crippen molar-refractivity contribution in [2.75, 3.05) is 7.11 Å². The molecule has 0 fully saturated rings. The van der Waals surface area contributed by atoms with Crippen molar-refractivity contribution in [2.24, 2.45) is 0 Å². The van der Waals surface area contributed by atoms with Gasteiger partial charge in [-0.15, -0.1) is 0 Å². The Kier molecular flexibility index (Phi) is 6.90. The molecule has 0 aliphatic carbocycles. The van der Waals surface area contributed by atoms with Crippen molar-refractivity contribution in [3.8, 4) is 5.75 Å². The third-order valence-electron chi connectivity index (χ3n) is 5.62. The van der Waals surface area contributed by atoms with Crippen LogP contribution in [0, 0.1) is 0 Å². The minimum absolute atomic E-state index is 0.378. The summed E-state index contributed by atoms with van der Waals surface area (Å²) in [6.07, 6.45) is -0.282. The zero-order valence-electron chi connectivity index (χ0n) is 18.7. The summed E-state index contributed by atoms with van der Waals surface area (Å²) < 4.78 is 5.24. The topological polar surface area (TPSA) is 99.3 Å². The molecule has 1 aromatic heterocycles. The number of aromatic nitrogens is 2. The van der Waals surface area contributed by atoms with E-state index in [1.165, 1.54) is 0 Å². The van der Waals surface area contributed by atoms with E-state index in [0.29, 0.717) is 12.2 Å². The molecule has 4 N–H and O–H groups in total. The number of rotatable bonds is 8. The van der Waals surface area contributed by atoms with E-state index in [9.17, 15) is 9.90 Å². The Morgan fingerprint density at radius 3 is 2.39 bits per heavy atom. The van der Waals surface area contributed by atoms with Crippen molar-refractivity contribution >= 4 is 17.1 Å². The molecule has 33 heavy (non-hydrogen) atoms. The number of carbonyl (C=O) groups is 1. The lowest BCUT2D eigenvalue weighted by atomic mass is 10.0. The number of imidazole rings is 1. The van der Waals surface area contributed by atoms with Crippen molar-refractivity contribution < 1.29 is 14.6 Å². The van der Waals surface area contributed by atoms with E-state index in [-0.39, 0.29) is 6.03 Å². The highest BCUT2D eigenvalue weighted by molar-refractivity contribution is 5.76. The molecule has 3 atom stereocenters. The lowest BCUT2D eigenvalue weighted by Crippen LogP contribution is -2.45. The summed E-state index contributed by atoms with van der Waals surface area (Å²) in [7, 11) is 1.63. The molecule has 0 saturated carbocycles. The van der Waals surface area contributed by atoms with Crippen molar-refractivity contribution in [3.63, 3.8) is 0 Å². The quantitative estimate of drug-likeness (QED) is 0.326. The maximum atomic E-state index is 12.9. The first-order valence-electron chi connectivity index (χ1n) is 10.9. The molecule has 0 spiro atoms. The summed E-state index contributed by atoms with van der Waals surface area (Å²) in [6.45, 7) is 1.77. The summed E-state index contributed by atoms with van der Waals surface area (Å²) >= 11 is 0. The fourth-order valence-corrected chi connectivity index (χ4v) is 3.78. The van der Waals surface area contributed by atoms with E-state index < -0.39 is 18.2 Å². The third-order valence-corrected chi connectivity index (χ3v) is 5.62. The number of methoxy groups -OCH3 is 1. The molecule has 0 saturated heterocycles. The number of urea groups is 1. The SMILES string of the molecule is COc1ccc(C[C@@H](NC(=O)N[C@H](C)[C@@H](O)c2ccccc2)c2nc3ccccc3[nH]2)cc1. The summed E-state index contributed by atoms with van der Waals surface area (Å²) in [5.74, 6) is 1.44. The van der Waals surface area contributed by atoms with Gasteiger partial charge >= 0.3 is 6.03 Å². The second-order valence-corrected chi connectivity index (χ2v) is 8.01. The number of amides is 2. The molecule has 0 aliphatic rings. The Labute approximate surface area is 192 Å². The average molecular weight is 445 g/mol. The number of carbonyl (C=O) groups excluding carboxylic acids is 1. The van der Waals surface area contributed by atoms with Gasteiger partial charge < -0.3 is 25.5 Å². The highest BCUT2D eigenvalue weighted by Crippen LogP contribution is 2.22. The summed E-state index contributed by atoms with van der Waals surface area (Å²) in [4.78, 5) is 20.9. The van der Waals surface area contributed by atoms with Crippen LogP contribution in [0.5, 0.6) is 5.75 Å². The Morgan fingerprint density at radius 2 is 1.70 bits per heavy atom. The average Bonchev–Trinajstić information content (AvgIpc) is 3.28. The highest BCUT2D eigenvalue weighted by Gasteiger charge is 2.23. The summed E-state index contributed by atoms with van der Waals surface area (Å²) in [5, 5.41) is 16.5. The van der Waals surface area contributed by atoms with Gasteiger partial charge in [-0.25, -0.2) is 9.78 Å². The van der Waals surface area contributed by atoms with Crippen LogP contribution in [-0.4, -0.2) is 34.3 Å². The van der Waals surface area contributed by atoms with Crippen LogP contribution in [0.3, 0.4) is 0 Å². The van der Waals surface area contributed by atoms with Crippen LogP contribution in [0.15, 0.2) is 78.9 Å². The number of aromatic amines is 1. The molecular formula is C26H28N4O3. The molecule has 1 heterocycles. The number of aliphatic hydroxyl groups excluding tert-OH is 1. The monoisotopic (exact) mass is 444 g/mol. The molecule has 4 rings (SSSR count). The van der Waals surface area contributed by atoms with Gasteiger partial charge in [-0.1, -0.05) is 54.6 Å². The van der Waals surface area contributed by atoms with Crippen molar-refractivity contribution in [2.45, 2.75) is 31.5 Å². The predicted molar refractivity (Wildman–Crippen MR) is 128 cm³/mol. The van der Waals surface area contributed by atoms with Gasteiger partial charge in [0.15, 0.2) is 0 Å². The molecule has 7 nitrogen and oxygen atoms in total. The van der Waals surface area contributed by atoms with Crippen molar-refractivity contribution in [1.29, 1.82) is 0 Å². The molecule has 0 aliphatic heterocycles. The normalized spacial score (nSPS) is 13.8. The van der Waals surface area contributed by atoms with Gasteiger partial charge in [0, 0.05) is 0 Å². The fraction of sp³-hybridized carbons (Fsp3) is 0.231. The molecule has 0 radical (unpaired) electrons. The van der Waals surface area contributed by atoms with Crippen molar-refractivity contribution in [1.82, 2.24) is 20.6 Å². The van der Waals surface area contributed by atoms with Crippen LogP contribution >= 0.6 is 0 Å². The number of H-pyrrole nitrogens is 1. The number of aliphatic hydroxyl groups is 1. The number of nitrogens with zero attached hydrogens (tertiary/aromatic N) is 1. The third kappa shape index (κ3) is 5.51. The Balaban J connectivity index is 1.51. The second-order valence-electron chi connectivity index (χ2n) is 8.01. The van der Waals surface area contributed by atoms with Crippen LogP contribution in [0.25, 0.3) is 11.0 Å². The first-order chi connectivity index (χ1) is 16.0. The van der Waals surface area contributed by atoms with Gasteiger partial charge in [-0.05, 0) is 48.7 Å². The maximum Gasteiger partial charge on any atom is 0.315 e. The Bertz CT molecular complexity index is 1160. The van der Waals surface area contributed by atoms with Crippen LogP contribution < -0.4 is 15.4 Å². The zero-order chi connectivity index (χ0) is 23.2. The molecule has 0 unspecified atom stereocenters. The van der Waals surface area contributed by atoms with Gasteiger partial charge in [-0.2, -0.15) is 0 Å². The largest absolute Gasteiger partial charge is 0.497 e. The number of hydrogen-bond donors (Lipinski definition) is 4. The first kappa shape index (κ1) is 22.4. The van der Waals surface area contributed by atoms with Crippen molar-refractivity contribution in [3.05, 3.63) is 95.8 Å². The standard InChI is InChI=1S/C26H28N4O3/c1-17(24(31)19-8-4-3-5-9-19)27-26(32)30-23(16-18-12-14-20(33-2)15-13-18)25-28-21-10-6-7-11-22(21)29-25/h3-15,17,23-24,31H,16H2,1-2H3,(H,28,29)(H2,27,30,32)/t17-,23-,24-/m1/s1. The van der Waals surface area contributed by atoms with E-state index in [0.717, 1.165) is 27.9 Å². The Morgan fingerprint density at radius 1 is 1.00 bits per heavy atom. The summed E-state index contributed by atoms with van der Waals surface area (Å²) in [5.41, 5.74) is 3.51. The Hall–Kier alpha value is -3.84. The zero-order valence-corrected chi connectivity index (χ0v) is 18.7. The number of hydrogen-bond acceptors (Lipinski definition) is 4. The van der Waals surface area contributed by atoms with E-state index >= 15 is 0 Å². The van der Waals surface area contributed by atoms with Gasteiger partial charge in [0.1, 0.15) is 11.6 Å². The smallest absolute Gasteiger partial charge is 0.315 e. The minimum atomic E-state index is -0.816. The number of benzene rings is 3. The molecule has 2 amide bonds. The number of para-hydroxylation sites is 2. The molecule has 170 valence electrons. The molecule has 0 bridgehead atoms. The number of ether oxygens (including phenoxy) is 1. The van der Waals surface area contributed by atoms with Gasteiger partial charge in [0.05, 0.1) is 36.3 Å². The summed E-state index contributed by atoms with van der Waals surface area (Å²) in [6, 6.07) is 23.5. The van der Waals surface area contributed by atoms with Crippen LogP contribution in [0.1, 0.15) is 36.0 Å². The maximum absolute atomic E-state index is 12.9. The molecule has 4 aromatic rings. The molecular weight excluding hydrogens is 416 g/mol. The van der Waals surface area contributed by atoms with E-state index in [4.69, 9.17) is 4.74 Å². The lowest BCUT2D eigenvalue weighted by Gasteiger charge is -2.23. The van der Waals surface area contributed by atoms with Gasteiger partial charge in [0.25, 0.3) is 0 Å². The number of nitrogens with one attached hydrogen (secondary N) is 3. The lowest BCUT2D eigenvalue weighted by molar-refractivity contribution is 0.137. The minimum Gasteiger partial charge on any atom is -0.497 e. The first-order valence-corrected chi connectivity index (χ1v) is 10.9. The van der Waals surface area contributed by atoms with Crippen LogP contribution in [0.4, 0.5) is 4.79 Å². The molecule has 7 heteroatoms. The van der Waals surface area contributed by atoms with Gasteiger partial charge in [-0.3, -0.25) is 0 Å². The second kappa shape index (κ2) is 10.2.